The molecule has 144 valence electrons. The van der Waals surface area contributed by atoms with Crippen LogP contribution in [0.15, 0.2) is 60.9 Å². The topological polar surface area (TPSA) is 25.8 Å². The maximum atomic E-state index is 15.0. The fraction of sp³-hybridized carbons (Fsp3) is 0.200. The van der Waals surface area contributed by atoms with E-state index < -0.39 is 0 Å². The van der Waals surface area contributed by atoms with Crippen molar-refractivity contribution < 1.29 is 4.39 Å². The predicted octanol–water partition coefficient (Wildman–Crippen LogP) is 7.39. The van der Waals surface area contributed by atoms with Gasteiger partial charge >= 0.3 is 0 Å². The molecular formula is C25H21FN2S. The normalized spacial score (nSPS) is 12.3. The minimum absolute atomic E-state index is 0.226. The Labute approximate surface area is 173 Å². The van der Waals surface area contributed by atoms with Gasteiger partial charge in [-0.15, -0.1) is 11.3 Å². The highest BCUT2D eigenvalue weighted by atomic mass is 32.1. The number of benzene rings is 3. The van der Waals surface area contributed by atoms with E-state index in [1.165, 1.54) is 10.3 Å². The minimum Gasteiger partial charge on any atom is -0.235 e. The lowest BCUT2D eigenvalue weighted by molar-refractivity contribution is 0.411. The number of fused-ring (bicyclic) bond motifs is 4. The molecular weight excluding hydrogens is 379 g/mol. The Morgan fingerprint density at radius 1 is 0.931 bits per heavy atom. The highest BCUT2D eigenvalue weighted by molar-refractivity contribution is 7.26. The number of nitrogens with zero attached hydrogens (tertiary/aromatic N) is 2. The van der Waals surface area contributed by atoms with Crippen molar-refractivity contribution in [2.24, 2.45) is 5.41 Å². The van der Waals surface area contributed by atoms with Gasteiger partial charge in [-0.2, -0.15) is 0 Å². The first kappa shape index (κ1) is 18.2. The summed E-state index contributed by atoms with van der Waals surface area (Å²) in [5.41, 5.74) is 3.62. The third-order valence-corrected chi connectivity index (χ3v) is 6.29. The van der Waals surface area contributed by atoms with Crippen LogP contribution in [0.4, 0.5) is 4.39 Å². The average Bonchev–Trinajstić information content (AvgIpc) is 3.04. The Balaban J connectivity index is 1.73. The van der Waals surface area contributed by atoms with Crippen LogP contribution in [-0.2, 0) is 6.42 Å². The van der Waals surface area contributed by atoms with Crippen molar-refractivity contribution in [1.29, 1.82) is 0 Å². The van der Waals surface area contributed by atoms with E-state index >= 15 is 0 Å². The molecule has 0 aliphatic rings. The van der Waals surface area contributed by atoms with E-state index in [0.717, 1.165) is 32.8 Å². The van der Waals surface area contributed by atoms with Gasteiger partial charge < -0.3 is 0 Å². The van der Waals surface area contributed by atoms with Gasteiger partial charge in [0.25, 0.3) is 0 Å². The van der Waals surface area contributed by atoms with Crippen LogP contribution in [0.25, 0.3) is 42.3 Å². The SMILES string of the molecule is CC(C)(C)Cc1ccc2c(c1)sc1c(-c3cc4ccccc4cc3F)ncnc12. The number of rotatable bonds is 2. The summed E-state index contributed by atoms with van der Waals surface area (Å²) in [5, 5.41) is 3.00. The summed E-state index contributed by atoms with van der Waals surface area (Å²) in [7, 11) is 0. The maximum absolute atomic E-state index is 15.0. The molecule has 0 fully saturated rings. The van der Waals surface area contributed by atoms with Crippen LogP contribution in [0.3, 0.4) is 0 Å². The van der Waals surface area contributed by atoms with E-state index in [0.29, 0.717) is 11.3 Å². The number of hydrogen-bond donors (Lipinski definition) is 0. The van der Waals surface area contributed by atoms with Crippen molar-refractivity contribution >= 4 is 42.4 Å². The first-order valence-electron chi connectivity index (χ1n) is 9.74. The Bertz CT molecular complexity index is 1380. The molecule has 0 unspecified atom stereocenters. The zero-order valence-electron chi connectivity index (χ0n) is 16.7. The van der Waals surface area contributed by atoms with Gasteiger partial charge in [0.1, 0.15) is 12.1 Å². The summed E-state index contributed by atoms with van der Waals surface area (Å²) < 4.78 is 17.1. The molecule has 2 heterocycles. The Hall–Kier alpha value is -2.85. The van der Waals surface area contributed by atoms with Gasteiger partial charge in [-0.25, -0.2) is 14.4 Å². The van der Waals surface area contributed by atoms with Crippen molar-refractivity contribution in [3.8, 4) is 11.3 Å². The van der Waals surface area contributed by atoms with Gasteiger partial charge in [-0.05, 0) is 46.4 Å². The summed E-state index contributed by atoms with van der Waals surface area (Å²) in [6.07, 6.45) is 2.55. The second-order valence-electron chi connectivity index (χ2n) is 8.75. The van der Waals surface area contributed by atoms with Crippen LogP contribution in [-0.4, -0.2) is 9.97 Å². The summed E-state index contributed by atoms with van der Waals surface area (Å²) >= 11 is 1.65. The smallest absolute Gasteiger partial charge is 0.133 e. The van der Waals surface area contributed by atoms with Gasteiger partial charge in [0.05, 0.1) is 15.9 Å². The second kappa shape index (κ2) is 6.60. The summed E-state index contributed by atoms with van der Waals surface area (Å²) in [6, 6.07) is 17.9. The molecule has 4 heteroatoms. The molecule has 5 rings (SSSR count). The van der Waals surface area contributed by atoms with E-state index in [-0.39, 0.29) is 11.2 Å². The van der Waals surface area contributed by atoms with Crippen LogP contribution in [0.2, 0.25) is 0 Å². The maximum Gasteiger partial charge on any atom is 0.133 e. The monoisotopic (exact) mass is 400 g/mol. The largest absolute Gasteiger partial charge is 0.235 e. The van der Waals surface area contributed by atoms with Crippen LogP contribution in [0.5, 0.6) is 0 Å². The Kier molecular flexibility index (Phi) is 4.14. The van der Waals surface area contributed by atoms with E-state index in [4.69, 9.17) is 0 Å². The molecule has 0 saturated heterocycles. The summed E-state index contributed by atoms with van der Waals surface area (Å²) in [4.78, 5) is 9.01. The molecule has 0 bridgehead atoms. The number of thiophene rings is 1. The van der Waals surface area contributed by atoms with Crippen molar-refractivity contribution in [2.75, 3.05) is 0 Å². The fourth-order valence-electron chi connectivity index (χ4n) is 3.93. The summed E-state index contributed by atoms with van der Waals surface area (Å²) in [5.74, 6) is -0.255. The first-order chi connectivity index (χ1) is 13.9. The quantitative estimate of drug-likeness (QED) is 0.309. The van der Waals surface area contributed by atoms with Crippen molar-refractivity contribution in [3.63, 3.8) is 0 Å². The van der Waals surface area contributed by atoms with Gasteiger partial charge in [-0.1, -0.05) is 57.2 Å². The number of hydrogen-bond acceptors (Lipinski definition) is 3. The number of halogens is 1. The van der Waals surface area contributed by atoms with Crippen LogP contribution in [0, 0.1) is 11.2 Å². The molecule has 0 aliphatic carbocycles. The lowest BCUT2D eigenvalue weighted by atomic mass is 9.88. The third-order valence-electron chi connectivity index (χ3n) is 5.14. The molecule has 29 heavy (non-hydrogen) atoms. The molecule has 0 aliphatic heterocycles. The lowest BCUT2D eigenvalue weighted by Gasteiger charge is -2.17. The fourth-order valence-corrected chi connectivity index (χ4v) is 5.15. The third kappa shape index (κ3) is 3.28. The van der Waals surface area contributed by atoms with Gasteiger partial charge in [0, 0.05) is 15.6 Å². The first-order valence-corrected chi connectivity index (χ1v) is 10.6. The van der Waals surface area contributed by atoms with E-state index in [9.17, 15) is 4.39 Å². The average molecular weight is 401 g/mol. The molecule has 0 amide bonds. The molecule has 0 spiro atoms. The van der Waals surface area contributed by atoms with Crippen molar-refractivity contribution in [3.05, 3.63) is 72.3 Å². The second-order valence-corrected chi connectivity index (χ2v) is 9.80. The van der Waals surface area contributed by atoms with E-state index in [2.05, 4.69) is 48.9 Å². The predicted molar refractivity (Wildman–Crippen MR) is 121 cm³/mol. The van der Waals surface area contributed by atoms with Gasteiger partial charge in [0.2, 0.25) is 0 Å². The summed E-state index contributed by atoms with van der Waals surface area (Å²) in [6.45, 7) is 6.73. The standard InChI is InChI=1S/C25H21FN2S/c1-25(2,3)13-15-8-9-18-21(10-15)29-24-22(18)27-14-28-23(24)19-11-16-6-4-5-7-17(16)12-20(19)26/h4-12,14H,13H2,1-3H3. The molecule has 2 nitrogen and oxygen atoms in total. The van der Waals surface area contributed by atoms with Crippen LogP contribution >= 0.6 is 11.3 Å². The molecule has 0 radical (unpaired) electrons. The van der Waals surface area contributed by atoms with E-state index in [1.807, 2.05) is 30.3 Å². The highest BCUT2D eigenvalue weighted by Crippen LogP contribution is 2.39. The molecule has 0 saturated carbocycles. The number of aromatic nitrogens is 2. The lowest BCUT2D eigenvalue weighted by Crippen LogP contribution is -2.08. The molecule has 5 aromatic rings. The Morgan fingerprint density at radius 3 is 2.45 bits per heavy atom. The van der Waals surface area contributed by atoms with Crippen molar-refractivity contribution in [1.82, 2.24) is 9.97 Å². The molecule has 0 atom stereocenters. The van der Waals surface area contributed by atoms with Crippen molar-refractivity contribution in [2.45, 2.75) is 27.2 Å². The Morgan fingerprint density at radius 2 is 1.69 bits per heavy atom. The van der Waals surface area contributed by atoms with Crippen LogP contribution in [0.1, 0.15) is 26.3 Å². The molecule has 2 aromatic heterocycles. The highest BCUT2D eigenvalue weighted by Gasteiger charge is 2.17. The molecule has 3 aromatic carbocycles. The minimum atomic E-state index is -0.255. The van der Waals surface area contributed by atoms with Crippen LogP contribution < -0.4 is 0 Å². The van der Waals surface area contributed by atoms with Gasteiger partial charge in [-0.3, -0.25) is 0 Å². The zero-order chi connectivity index (χ0) is 20.2. The van der Waals surface area contributed by atoms with Gasteiger partial charge in [0.15, 0.2) is 0 Å². The molecule has 0 N–H and O–H groups in total. The zero-order valence-corrected chi connectivity index (χ0v) is 17.5. The van der Waals surface area contributed by atoms with E-state index in [1.54, 1.807) is 23.7 Å².